The molecule has 0 saturated heterocycles. The van der Waals surface area contributed by atoms with Crippen molar-refractivity contribution >= 4 is 17.3 Å². The molecule has 0 aliphatic rings. The second-order valence-electron chi connectivity index (χ2n) is 4.25. The number of rotatable bonds is 4. The molecule has 0 spiro atoms. The molecule has 5 nitrogen and oxygen atoms in total. The van der Waals surface area contributed by atoms with Crippen molar-refractivity contribution in [2.75, 3.05) is 25.3 Å². The third kappa shape index (κ3) is 3.22. The molecule has 2 aromatic rings. The summed E-state index contributed by atoms with van der Waals surface area (Å²) in [6, 6.07) is 8.55. The Morgan fingerprint density at radius 1 is 1.14 bits per heavy atom. The van der Waals surface area contributed by atoms with Crippen molar-refractivity contribution in [1.29, 1.82) is 0 Å². The van der Waals surface area contributed by atoms with Crippen LogP contribution in [-0.4, -0.2) is 20.1 Å². The first-order valence-corrected chi connectivity index (χ1v) is 6.13. The third-order valence-corrected chi connectivity index (χ3v) is 2.92. The summed E-state index contributed by atoms with van der Waals surface area (Å²) in [5.41, 5.74) is 6.38. The van der Waals surface area contributed by atoms with Crippen LogP contribution >= 0.6 is 0 Å². The van der Waals surface area contributed by atoms with Crippen molar-refractivity contribution in [3.63, 3.8) is 0 Å². The fourth-order valence-electron chi connectivity index (χ4n) is 1.82. The molecule has 21 heavy (non-hydrogen) atoms. The highest BCUT2D eigenvalue weighted by molar-refractivity contribution is 6.08. The molecular formula is C15H15FN2O3. The largest absolute Gasteiger partial charge is 0.497 e. The zero-order valence-electron chi connectivity index (χ0n) is 11.6. The zero-order chi connectivity index (χ0) is 15.4. The molecule has 2 rings (SSSR count). The molecule has 3 N–H and O–H groups in total. The van der Waals surface area contributed by atoms with Crippen LogP contribution in [0.5, 0.6) is 11.5 Å². The number of methoxy groups -OCH3 is 2. The molecule has 0 fully saturated rings. The lowest BCUT2D eigenvalue weighted by atomic mass is 10.1. The van der Waals surface area contributed by atoms with Crippen molar-refractivity contribution < 1.29 is 18.7 Å². The van der Waals surface area contributed by atoms with E-state index in [4.69, 9.17) is 15.2 Å². The molecule has 110 valence electrons. The number of hydrogen-bond donors (Lipinski definition) is 2. The molecule has 0 aliphatic heterocycles. The van der Waals surface area contributed by atoms with Gasteiger partial charge in [-0.05, 0) is 30.3 Å². The van der Waals surface area contributed by atoms with E-state index in [0.717, 1.165) is 6.07 Å². The number of carbonyl (C=O) groups excluding carboxylic acids is 1. The highest BCUT2D eigenvalue weighted by Crippen LogP contribution is 2.29. The number of halogens is 1. The molecule has 1 amide bonds. The van der Waals surface area contributed by atoms with Crippen molar-refractivity contribution in [3.8, 4) is 11.5 Å². The number of hydrogen-bond acceptors (Lipinski definition) is 4. The van der Waals surface area contributed by atoms with E-state index in [1.54, 1.807) is 18.2 Å². The molecule has 0 heterocycles. The molecule has 6 heteroatoms. The Kier molecular flexibility index (Phi) is 4.27. The molecule has 0 bridgehead atoms. The third-order valence-electron chi connectivity index (χ3n) is 2.92. The minimum absolute atomic E-state index is 0.0628. The molecular weight excluding hydrogens is 275 g/mol. The summed E-state index contributed by atoms with van der Waals surface area (Å²) in [5, 5.41) is 2.63. The molecule has 0 aromatic heterocycles. The lowest BCUT2D eigenvalue weighted by Crippen LogP contribution is -2.15. The van der Waals surface area contributed by atoms with E-state index in [2.05, 4.69) is 5.32 Å². The molecule has 0 saturated carbocycles. The number of ether oxygens (including phenoxy) is 2. The first-order chi connectivity index (χ1) is 10.0. The smallest absolute Gasteiger partial charge is 0.257 e. The lowest BCUT2D eigenvalue weighted by Gasteiger charge is -2.12. The van der Waals surface area contributed by atoms with Crippen LogP contribution in [-0.2, 0) is 0 Å². The van der Waals surface area contributed by atoms with Gasteiger partial charge in [-0.15, -0.1) is 0 Å². The normalized spacial score (nSPS) is 10.0. The molecule has 0 radical (unpaired) electrons. The minimum atomic E-state index is -0.531. The van der Waals surface area contributed by atoms with Gasteiger partial charge in [0.1, 0.15) is 17.3 Å². The molecule has 0 aliphatic carbocycles. The average molecular weight is 290 g/mol. The van der Waals surface area contributed by atoms with Gasteiger partial charge in [-0.3, -0.25) is 4.79 Å². The number of carbonyl (C=O) groups is 1. The van der Waals surface area contributed by atoms with E-state index in [0.29, 0.717) is 17.2 Å². The Hall–Kier alpha value is -2.76. The van der Waals surface area contributed by atoms with Crippen LogP contribution in [0.15, 0.2) is 36.4 Å². The number of amides is 1. The quantitative estimate of drug-likeness (QED) is 0.849. The highest BCUT2D eigenvalue weighted by atomic mass is 19.1. The summed E-state index contributed by atoms with van der Waals surface area (Å²) in [4.78, 5) is 12.2. The van der Waals surface area contributed by atoms with E-state index in [1.807, 2.05) is 0 Å². The Morgan fingerprint density at radius 3 is 2.57 bits per heavy atom. The predicted molar refractivity (Wildman–Crippen MR) is 78.3 cm³/mol. The summed E-state index contributed by atoms with van der Waals surface area (Å²) in [6.45, 7) is 0. The number of nitrogens with two attached hydrogens (primary N) is 1. The summed E-state index contributed by atoms with van der Waals surface area (Å²) >= 11 is 0. The second kappa shape index (κ2) is 6.13. The SMILES string of the molecule is COc1ccc(NC(=O)c2cc(F)ccc2N)c(OC)c1. The van der Waals surface area contributed by atoms with Crippen molar-refractivity contribution in [1.82, 2.24) is 0 Å². The first-order valence-electron chi connectivity index (χ1n) is 6.13. The van der Waals surface area contributed by atoms with Crippen LogP contribution in [0.2, 0.25) is 0 Å². The van der Waals surface area contributed by atoms with E-state index in [1.165, 1.54) is 26.4 Å². The Bertz CT molecular complexity index is 674. The maximum absolute atomic E-state index is 13.2. The van der Waals surface area contributed by atoms with Gasteiger partial charge < -0.3 is 20.5 Å². The van der Waals surface area contributed by atoms with Crippen LogP contribution in [0.25, 0.3) is 0 Å². The fraction of sp³-hybridized carbons (Fsp3) is 0.133. The van der Waals surface area contributed by atoms with Crippen molar-refractivity contribution in [3.05, 3.63) is 47.8 Å². The molecule has 0 atom stereocenters. The topological polar surface area (TPSA) is 73.6 Å². The van der Waals surface area contributed by atoms with Gasteiger partial charge in [0, 0.05) is 11.8 Å². The summed E-state index contributed by atoms with van der Waals surface area (Å²) < 4.78 is 23.5. The van der Waals surface area contributed by atoms with Gasteiger partial charge in [-0.25, -0.2) is 4.39 Å². The van der Waals surface area contributed by atoms with Crippen molar-refractivity contribution in [2.24, 2.45) is 0 Å². The maximum atomic E-state index is 13.2. The van der Waals surface area contributed by atoms with E-state index in [9.17, 15) is 9.18 Å². The number of nitrogen functional groups attached to an aromatic ring is 1. The van der Waals surface area contributed by atoms with Gasteiger partial charge in [0.05, 0.1) is 25.5 Å². The lowest BCUT2D eigenvalue weighted by molar-refractivity contribution is 0.102. The average Bonchev–Trinajstić information content (AvgIpc) is 2.49. The molecule has 2 aromatic carbocycles. The van der Waals surface area contributed by atoms with Gasteiger partial charge >= 0.3 is 0 Å². The predicted octanol–water partition coefficient (Wildman–Crippen LogP) is 2.68. The van der Waals surface area contributed by atoms with Gasteiger partial charge in [0.25, 0.3) is 5.91 Å². The van der Waals surface area contributed by atoms with Crippen LogP contribution in [0.4, 0.5) is 15.8 Å². The Morgan fingerprint density at radius 2 is 1.90 bits per heavy atom. The molecule has 0 unspecified atom stereocenters. The standard InChI is InChI=1S/C15H15FN2O3/c1-20-10-4-6-13(14(8-10)21-2)18-15(19)11-7-9(16)3-5-12(11)17/h3-8H,17H2,1-2H3,(H,18,19). The Labute approximate surface area is 121 Å². The van der Waals surface area contributed by atoms with Gasteiger partial charge in [0.2, 0.25) is 0 Å². The highest BCUT2D eigenvalue weighted by Gasteiger charge is 2.14. The second-order valence-corrected chi connectivity index (χ2v) is 4.25. The van der Waals surface area contributed by atoms with Gasteiger partial charge in [-0.2, -0.15) is 0 Å². The van der Waals surface area contributed by atoms with Crippen LogP contribution in [0.1, 0.15) is 10.4 Å². The first kappa shape index (κ1) is 14.6. The summed E-state index contributed by atoms with van der Waals surface area (Å²) in [6.07, 6.45) is 0. The summed E-state index contributed by atoms with van der Waals surface area (Å²) in [5.74, 6) is -0.0284. The van der Waals surface area contributed by atoms with Crippen LogP contribution in [0, 0.1) is 5.82 Å². The van der Waals surface area contributed by atoms with Crippen LogP contribution < -0.4 is 20.5 Å². The van der Waals surface area contributed by atoms with Crippen LogP contribution in [0.3, 0.4) is 0 Å². The van der Waals surface area contributed by atoms with Gasteiger partial charge in [-0.1, -0.05) is 0 Å². The van der Waals surface area contributed by atoms with E-state index >= 15 is 0 Å². The number of nitrogens with one attached hydrogen (secondary N) is 1. The van der Waals surface area contributed by atoms with E-state index in [-0.39, 0.29) is 11.3 Å². The van der Waals surface area contributed by atoms with Gasteiger partial charge in [0.15, 0.2) is 0 Å². The minimum Gasteiger partial charge on any atom is -0.497 e. The zero-order valence-corrected chi connectivity index (χ0v) is 11.6. The Balaban J connectivity index is 2.29. The van der Waals surface area contributed by atoms with E-state index < -0.39 is 11.7 Å². The summed E-state index contributed by atoms with van der Waals surface area (Å²) in [7, 11) is 3.00. The maximum Gasteiger partial charge on any atom is 0.257 e. The fourth-order valence-corrected chi connectivity index (χ4v) is 1.82. The number of anilines is 2. The van der Waals surface area contributed by atoms with Crippen molar-refractivity contribution in [2.45, 2.75) is 0 Å². The number of benzene rings is 2. The monoisotopic (exact) mass is 290 g/mol.